The van der Waals surface area contributed by atoms with Crippen LogP contribution in [-0.2, 0) is 5.75 Å². The van der Waals surface area contributed by atoms with Crippen LogP contribution in [0, 0.1) is 0 Å². The van der Waals surface area contributed by atoms with Gasteiger partial charge in [-0.25, -0.2) is 0 Å². The molecule has 0 bridgehead atoms. The maximum atomic E-state index is 2.32. The van der Waals surface area contributed by atoms with Gasteiger partial charge in [0.15, 0.2) is 0 Å². The second-order valence-electron chi connectivity index (χ2n) is 6.61. The second-order valence-corrected chi connectivity index (χ2v) is 12.2. The average molecular weight is 451 g/mol. The minimum Gasteiger partial charge on any atom is -0.114 e. The van der Waals surface area contributed by atoms with Gasteiger partial charge in [0.2, 0.25) is 0 Å². The van der Waals surface area contributed by atoms with E-state index in [-0.39, 0.29) is 0 Å². The summed E-state index contributed by atoms with van der Waals surface area (Å²) in [5.74, 6) is 1.01. The summed E-state index contributed by atoms with van der Waals surface area (Å²) in [6.07, 6.45) is 0. The quantitative estimate of drug-likeness (QED) is 0.284. The van der Waals surface area contributed by atoms with Crippen LogP contribution in [0.15, 0.2) is 83.5 Å². The maximum Gasteiger partial charge on any atom is 0.0705 e. The molecule has 2 heterocycles. The monoisotopic (exact) mass is 450 g/mol. The van der Waals surface area contributed by atoms with E-state index >= 15 is 0 Å². The van der Waals surface area contributed by atoms with Crippen LogP contribution in [0.5, 0.6) is 0 Å². The summed E-state index contributed by atoms with van der Waals surface area (Å²) in [6, 6.07) is 20.3. The van der Waals surface area contributed by atoms with Gasteiger partial charge in [-0.05, 0) is 54.1 Å². The van der Waals surface area contributed by atoms with Crippen molar-refractivity contribution >= 4 is 91.1 Å². The SMILES string of the molecule is C1=CSC(=C2SC=C(SCc3ccc4ccc5cccc6ccc3c4c56)S2)S1. The summed E-state index contributed by atoms with van der Waals surface area (Å²) in [4.78, 5) is 0. The van der Waals surface area contributed by atoms with Gasteiger partial charge in [0, 0.05) is 5.75 Å². The van der Waals surface area contributed by atoms with E-state index in [0.29, 0.717) is 0 Å². The third kappa shape index (κ3) is 2.99. The summed E-state index contributed by atoms with van der Waals surface area (Å²) < 4.78 is 4.26. The van der Waals surface area contributed by atoms with Gasteiger partial charge >= 0.3 is 0 Å². The lowest BCUT2D eigenvalue weighted by molar-refractivity contribution is 1.48. The zero-order chi connectivity index (χ0) is 18.5. The molecule has 0 saturated heterocycles. The minimum atomic E-state index is 1.01. The van der Waals surface area contributed by atoms with Gasteiger partial charge in [-0.3, -0.25) is 0 Å². The molecule has 0 spiro atoms. The third-order valence-electron chi connectivity index (χ3n) is 5.02. The van der Waals surface area contributed by atoms with Crippen LogP contribution < -0.4 is 0 Å². The highest BCUT2D eigenvalue weighted by molar-refractivity contribution is 8.37. The lowest BCUT2D eigenvalue weighted by Crippen LogP contribution is -1.88. The van der Waals surface area contributed by atoms with Gasteiger partial charge in [0.1, 0.15) is 0 Å². The highest BCUT2D eigenvalue weighted by Gasteiger charge is 2.19. The Kier molecular flexibility index (Phi) is 4.62. The van der Waals surface area contributed by atoms with Gasteiger partial charge in [-0.15, -0.1) is 11.8 Å². The Hall–Kier alpha value is -1.11. The standard InChI is InChI=1S/C23H14S5/c1-2-14-4-5-16-6-7-17(18-9-8-15(3-1)20(14)21(16)18)12-26-19-13-27-23(28-19)22-24-10-11-25-22/h1-11,13H,12H2. The molecule has 6 rings (SSSR count). The van der Waals surface area contributed by atoms with E-state index in [2.05, 4.69) is 70.8 Å². The largest absolute Gasteiger partial charge is 0.114 e. The molecule has 2 aliphatic rings. The Morgan fingerprint density at radius 3 is 2.21 bits per heavy atom. The van der Waals surface area contributed by atoms with E-state index in [9.17, 15) is 0 Å². The smallest absolute Gasteiger partial charge is 0.0705 e. The molecule has 0 fully saturated rings. The molecular formula is C23H14S5. The van der Waals surface area contributed by atoms with Crippen molar-refractivity contribution in [1.82, 2.24) is 0 Å². The fourth-order valence-corrected chi connectivity index (χ4v) is 9.62. The van der Waals surface area contributed by atoms with Crippen molar-refractivity contribution in [2.24, 2.45) is 0 Å². The van der Waals surface area contributed by atoms with Crippen molar-refractivity contribution in [2.75, 3.05) is 0 Å². The van der Waals surface area contributed by atoms with Gasteiger partial charge < -0.3 is 0 Å². The van der Waals surface area contributed by atoms with Crippen LogP contribution in [0.2, 0.25) is 0 Å². The number of hydrogen-bond donors (Lipinski definition) is 0. The van der Waals surface area contributed by atoms with Crippen LogP contribution in [0.25, 0.3) is 32.3 Å². The topological polar surface area (TPSA) is 0 Å². The van der Waals surface area contributed by atoms with Crippen molar-refractivity contribution in [3.63, 3.8) is 0 Å². The highest BCUT2D eigenvalue weighted by atomic mass is 32.2. The van der Waals surface area contributed by atoms with Crippen molar-refractivity contribution in [2.45, 2.75) is 5.75 Å². The van der Waals surface area contributed by atoms with Gasteiger partial charge in [-0.1, -0.05) is 102 Å². The molecule has 0 N–H and O–H groups in total. The molecule has 0 radical (unpaired) electrons. The molecular weight excluding hydrogens is 437 g/mol. The molecule has 0 saturated carbocycles. The number of rotatable bonds is 3. The first-order chi connectivity index (χ1) is 13.9. The molecule has 0 aliphatic carbocycles. The van der Waals surface area contributed by atoms with Crippen molar-refractivity contribution in [3.8, 4) is 0 Å². The predicted octanol–water partition coefficient (Wildman–Crippen LogP) is 9.17. The Labute approximate surface area is 185 Å². The van der Waals surface area contributed by atoms with E-state index in [1.807, 2.05) is 58.8 Å². The van der Waals surface area contributed by atoms with Gasteiger partial charge in [0.25, 0.3) is 0 Å². The molecule has 2 aliphatic heterocycles. The Morgan fingerprint density at radius 1 is 0.679 bits per heavy atom. The molecule has 4 aromatic rings. The molecule has 4 aromatic carbocycles. The summed E-state index contributed by atoms with van der Waals surface area (Å²) in [7, 11) is 0. The first kappa shape index (κ1) is 17.7. The van der Waals surface area contributed by atoms with Crippen LogP contribution in [0.4, 0.5) is 0 Å². The maximum absolute atomic E-state index is 2.32. The summed E-state index contributed by atoms with van der Waals surface area (Å²) in [5.41, 5.74) is 1.43. The zero-order valence-electron chi connectivity index (χ0n) is 14.7. The van der Waals surface area contributed by atoms with Crippen LogP contribution in [0.3, 0.4) is 0 Å². The lowest BCUT2D eigenvalue weighted by atomic mass is 9.92. The van der Waals surface area contributed by atoms with E-state index in [4.69, 9.17) is 0 Å². The molecule has 0 amide bonds. The summed E-state index contributed by atoms with van der Waals surface area (Å²) >= 11 is 9.44. The Bertz CT molecular complexity index is 1290. The first-order valence-corrected chi connectivity index (χ1v) is 13.4. The average Bonchev–Trinajstić information content (AvgIpc) is 3.43. The van der Waals surface area contributed by atoms with E-state index in [0.717, 1.165) is 5.75 Å². The van der Waals surface area contributed by atoms with E-state index in [1.165, 1.54) is 50.6 Å². The molecule has 28 heavy (non-hydrogen) atoms. The summed E-state index contributed by atoms with van der Waals surface area (Å²) in [6.45, 7) is 0. The highest BCUT2D eigenvalue weighted by Crippen LogP contribution is 2.56. The zero-order valence-corrected chi connectivity index (χ0v) is 18.8. The molecule has 0 aromatic heterocycles. The lowest BCUT2D eigenvalue weighted by Gasteiger charge is -2.13. The number of hydrogen-bond acceptors (Lipinski definition) is 5. The molecule has 0 nitrogen and oxygen atoms in total. The minimum absolute atomic E-state index is 1.01. The fourth-order valence-electron chi connectivity index (χ4n) is 3.77. The normalized spacial score (nSPS) is 16.9. The third-order valence-corrected chi connectivity index (χ3v) is 11.4. The summed E-state index contributed by atoms with van der Waals surface area (Å²) in [5, 5.41) is 14.9. The van der Waals surface area contributed by atoms with Crippen LogP contribution in [0.1, 0.15) is 5.56 Å². The second kappa shape index (κ2) is 7.29. The van der Waals surface area contributed by atoms with Crippen molar-refractivity contribution < 1.29 is 0 Å². The molecule has 5 heteroatoms. The Morgan fingerprint density at radius 2 is 1.39 bits per heavy atom. The molecule has 136 valence electrons. The molecule has 0 unspecified atom stereocenters. The van der Waals surface area contributed by atoms with Gasteiger partial charge in [0.05, 0.1) is 12.7 Å². The van der Waals surface area contributed by atoms with Crippen molar-refractivity contribution in [1.29, 1.82) is 0 Å². The Balaban J connectivity index is 1.33. The van der Waals surface area contributed by atoms with Crippen LogP contribution in [-0.4, -0.2) is 0 Å². The van der Waals surface area contributed by atoms with Crippen LogP contribution >= 0.6 is 58.8 Å². The number of benzene rings is 4. The van der Waals surface area contributed by atoms with Gasteiger partial charge in [-0.2, -0.15) is 0 Å². The van der Waals surface area contributed by atoms with E-state index in [1.54, 1.807) is 0 Å². The first-order valence-electron chi connectivity index (χ1n) is 8.92. The van der Waals surface area contributed by atoms with Crippen molar-refractivity contribution in [3.05, 3.63) is 89.1 Å². The fraction of sp³-hybridized carbons (Fsp3) is 0.0435. The predicted molar refractivity (Wildman–Crippen MR) is 136 cm³/mol. The van der Waals surface area contributed by atoms with E-state index < -0.39 is 0 Å². The number of thioether (sulfide) groups is 5. The molecule has 0 atom stereocenters.